The van der Waals surface area contributed by atoms with E-state index in [4.69, 9.17) is 0 Å². The van der Waals surface area contributed by atoms with Crippen molar-refractivity contribution in [3.8, 4) is 0 Å². The smallest absolute Gasteiger partial charge is 0.188 e. The Bertz CT molecular complexity index is 462. The molecule has 1 aliphatic carbocycles. The number of anilines is 1. The molecule has 0 bridgehead atoms. The summed E-state index contributed by atoms with van der Waals surface area (Å²) >= 11 is 1.58. The minimum atomic E-state index is 0.823. The molecule has 0 saturated heterocycles. The highest BCUT2D eigenvalue weighted by molar-refractivity contribution is 7.99. The Morgan fingerprint density at radius 3 is 2.76 bits per heavy atom. The van der Waals surface area contributed by atoms with Crippen LogP contribution in [0.1, 0.15) is 12.8 Å². The molecule has 1 fully saturated rings. The van der Waals surface area contributed by atoms with E-state index in [-0.39, 0.29) is 0 Å². The fourth-order valence-electron chi connectivity index (χ4n) is 1.58. The SMILES string of the molecule is c1n[nH]c(Sc2ccc(NCC3CC3)cc2)n1. The number of aromatic amines is 1. The maximum Gasteiger partial charge on any atom is 0.188 e. The third-order valence-electron chi connectivity index (χ3n) is 2.75. The summed E-state index contributed by atoms with van der Waals surface area (Å²) in [7, 11) is 0. The number of nitrogens with one attached hydrogen (secondary N) is 2. The largest absolute Gasteiger partial charge is 0.385 e. The molecule has 0 unspecified atom stereocenters. The molecule has 1 aromatic heterocycles. The molecule has 1 heterocycles. The number of hydrogen-bond donors (Lipinski definition) is 2. The van der Waals surface area contributed by atoms with Gasteiger partial charge >= 0.3 is 0 Å². The lowest BCUT2D eigenvalue weighted by Crippen LogP contribution is -2.02. The number of aromatic nitrogens is 3. The van der Waals surface area contributed by atoms with Crippen LogP contribution in [0.5, 0.6) is 0 Å². The normalized spacial score (nSPS) is 14.8. The van der Waals surface area contributed by atoms with Gasteiger partial charge in [-0.05, 0) is 43.0 Å². The number of hydrogen-bond acceptors (Lipinski definition) is 4. The van der Waals surface area contributed by atoms with Gasteiger partial charge in [0.1, 0.15) is 6.33 Å². The second kappa shape index (κ2) is 4.79. The van der Waals surface area contributed by atoms with Crippen molar-refractivity contribution in [1.29, 1.82) is 0 Å². The first-order valence-corrected chi connectivity index (χ1v) is 6.59. The van der Waals surface area contributed by atoms with Gasteiger partial charge < -0.3 is 5.32 Å². The zero-order valence-corrected chi connectivity index (χ0v) is 10.2. The standard InChI is InChI=1S/C12H14N4S/c1-2-9(1)7-13-10-3-5-11(6-4-10)17-12-14-8-15-16-12/h3-6,8-9,13H,1-2,7H2,(H,14,15,16). The van der Waals surface area contributed by atoms with E-state index in [0.717, 1.165) is 17.6 Å². The highest BCUT2D eigenvalue weighted by atomic mass is 32.2. The molecule has 0 aliphatic heterocycles. The Morgan fingerprint density at radius 1 is 1.29 bits per heavy atom. The van der Waals surface area contributed by atoms with Crippen LogP contribution in [0.4, 0.5) is 5.69 Å². The Labute approximate surface area is 104 Å². The van der Waals surface area contributed by atoms with Crippen LogP contribution in [-0.4, -0.2) is 21.7 Å². The van der Waals surface area contributed by atoms with Gasteiger partial charge in [0, 0.05) is 17.1 Å². The molecule has 1 saturated carbocycles. The second-order valence-electron chi connectivity index (χ2n) is 4.24. The molecule has 2 N–H and O–H groups in total. The second-order valence-corrected chi connectivity index (χ2v) is 5.30. The van der Waals surface area contributed by atoms with Crippen LogP contribution in [0.15, 0.2) is 40.6 Å². The maximum atomic E-state index is 4.08. The molecule has 0 amide bonds. The van der Waals surface area contributed by atoms with Crippen molar-refractivity contribution in [2.75, 3.05) is 11.9 Å². The van der Waals surface area contributed by atoms with Crippen LogP contribution in [0, 0.1) is 5.92 Å². The van der Waals surface area contributed by atoms with Crippen molar-refractivity contribution in [3.05, 3.63) is 30.6 Å². The Balaban J connectivity index is 1.58. The first kappa shape index (κ1) is 10.7. The highest BCUT2D eigenvalue weighted by Gasteiger charge is 2.20. The monoisotopic (exact) mass is 246 g/mol. The number of rotatable bonds is 5. The molecular formula is C12H14N4S. The van der Waals surface area contributed by atoms with Crippen molar-refractivity contribution in [2.45, 2.75) is 22.9 Å². The zero-order chi connectivity index (χ0) is 11.5. The summed E-state index contributed by atoms with van der Waals surface area (Å²) in [5.41, 5.74) is 1.19. The lowest BCUT2D eigenvalue weighted by Gasteiger charge is -2.05. The van der Waals surface area contributed by atoms with Crippen LogP contribution in [0.2, 0.25) is 0 Å². The van der Waals surface area contributed by atoms with Gasteiger partial charge in [0.15, 0.2) is 5.16 Å². The van der Waals surface area contributed by atoms with Crippen LogP contribution >= 0.6 is 11.8 Å². The van der Waals surface area contributed by atoms with Crippen LogP contribution in [0.3, 0.4) is 0 Å². The average Bonchev–Trinajstić information content (AvgIpc) is 3.05. The Morgan fingerprint density at radius 2 is 2.12 bits per heavy atom. The molecule has 1 aliphatic rings. The molecular weight excluding hydrogens is 232 g/mol. The summed E-state index contributed by atoms with van der Waals surface area (Å²) in [4.78, 5) is 5.25. The molecule has 0 atom stereocenters. The molecule has 2 aromatic rings. The molecule has 88 valence electrons. The fourth-order valence-corrected chi connectivity index (χ4v) is 2.27. The van der Waals surface area contributed by atoms with Gasteiger partial charge in [0.25, 0.3) is 0 Å². The van der Waals surface area contributed by atoms with E-state index in [0.29, 0.717) is 0 Å². The van der Waals surface area contributed by atoms with E-state index in [1.165, 1.54) is 29.8 Å². The summed E-state index contributed by atoms with van der Waals surface area (Å²) in [6.07, 6.45) is 4.28. The Kier molecular flexibility index (Phi) is 3.00. The predicted octanol–water partition coefficient (Wildman–Crippen LogP) is 2.78. The van der Waals surface area contributed by atoms with Gasteiger partial charge in [-0.3, -0.25) is 5.10 Å². The Hall–Kier alpha value is -1.49. The van der Waals surface area contributed by atoms with Crippen LogP contribution < -0.4 is 5.32 Å². The molecule has 0 radical (unpaired) electrons. The van der Waals surface area contributed by atoms with Crippen LogP contribution in [0.25, 0.3) is 0 Å². The van der Waals surface area contributed by atoms with Crippen LogP contribution in [-0.2, 0) is 0 Å². The summed E-state index contributed by atoms with van der Waals surface area (Å²) < 4.78 is 0. The summed E-state index contributed by atoms with van der Waals surface area (Å²) in [5.74, 6) is 0.901. The van der Waals surface area contributed by atoms with Crippen molar-refractivity contribution >= 4 is 17.4 Å². The number of H-pyrrole nitrogens is 1. The van der Waals surface area contributed by atoms with E-state index in [1.807, 2.05) is 0 Å². The molecule has 17 heavy (non-hydrogen) atoms. The van der Waals surface area contributed by atoms with E-state index >= 15 is 0 Å². The fraction of sp³-hybridized carbons (Fsp3) is 0.333. The lowest BCUT2D eigenvalue weighted by atomic mass is 10.3. The minimum absolute atomic E-state index is 0.823. The van der Waals surface area contributed by atoms with Crippen molar-refractivity contribution < 1.29 is 0 Å². The first-order valence-electron chi connectivity index (χ1n) is 5.77. The zero-order valence-electron chi connectivity index (χ0n) is 9.39. The summed E-state index contributed by atoms with van der Waals surface area (Å²) in [5, 5.41) is 10.9. The van der Waals surface area contributed by atoms with E-state index in [2.05, 4.69) is 44.8 Å². The van der Waals surface area contributed by atoms with Gasteiger partial charge in [-0.15, -0.1) is 0 Å². The van der Waals surface area contributed by atoms with Gasteiger partial charge in [0.2, 0.25) is 0 Å². The van der Waals surface area contributed by atoms with Gasteiger partial charge in [0.05, 0.1) is 0 Å². The highest BCUT2D eigenvalue weighted by Crippen LogP contribution is 2.29. The minimum Gasteiger partial charge on any atom is -0.385 e. The van der Waals surface area contributed by atoms with E-state index in [1.54, 1.807) is 11.8 Å². The molecule has 1 aromatic carbocycles. The predicted molar refractivity (Wildman–Crippen MR) is 68.2 cm³/mol. The third kappa shape index (κ3) is 3.00. The molecule has 5 heteroatoms. The van der Waals surface area contributed by atoms with E-state index < -0.39 is 0 Å². The lowest BCUT2D eigenvalue weighted by molar-refractivity contribution is 0.889. The van der Waals surface area contributed by atoms with Crippen molar-refractivity contribution in [1.82, 2.24) is 15.2 Å². The topological polar surface area (TPSA) is 53.6 Å². The average molecular weight is 246 g/mol. The summed E-state index contributed by atoms with van der Waals surface area (Å²) in [6.45, 7) is 1.11. The van der Waals surface area contributed by atoms with Crippen molar-refractivity contribution in [2.24, 2.45) is 5.92 Å². The quantitative estimate of drug-likeness (QED) is 0.851. The molecule has 0 spiro atoms. The van der Waals surface area contributed by atoms with Gasteiger partial charge in [-0.2, -0.15) is 5.10 Å². The molecule has 3 rings (SSSR count). The van der Waals surface area contributed by atoms with Gasteiger partial charge in [-0.25, -0.2) is 4.98 Å². The number of benzene rings is 1. The summed E-state index contributed by atoms with van der Waals surface area (Å²) in [6, 6.07) is 8.42. The third-order valence-corrected chi connectivity index (χ3v) is 3.65. The maximum absolute atomic E-state index is 4.08. The van der Waals surface area contributed by atoms with Gasteiger partial charge in [-0.1, -0.05) is 11.8 Å². The first-order chi connectivity index (χ1) is 8.40. The van der Waals surface area contributed by atoms with E-state index in [9.17, 15) is 0 Å². The van der Waals surface area contributed by atoms with Crippen molar-refractivity contribution in [3.63, 3.8) is 0 Å². The number of nitrogens with zero attached hydrogens (tertiary/aromatic N) is 2. The molecule has 4 nitrogen and oxygen atoms in total.